The first-order valence-corrected chi connectivity index (χ1v) is 8.34. The van der Waals surface area contributed by atoms with Crippen LogP contribution >= 0.6 is 0 Å². The van der Waals surface area contributed by atoms with E-state index < -0.39 is 10.0 Å². The average molecular weight is 314 g/mol. The molecule has 1 aromatic carbocycles. The second-order valence-corrected chi connectivity index (χ2v) is 7.09. The van der Waals surface area contributed by atoms with Gasteiger partial charge in [-0.05, 0) is 37.1 Å². The van der Waals surface area contributed by atoms with Gasteiger partial charge in [0, 0.05) is 38.9 Å². The topological polar surface area (TPSA) is 81.9 Å². The third kappa shape index (κ3) is 3.55. The smallest absolute Gasteiger partial charge is 0.243 e. The maximum absolute atomic E-state index is 12.5. The molecule has 0 aromatic heterocycles. The normalized spacial score (nSPS) is 18.2. The number of sulfonamides is 1. The molecule has 0 aliphatic carbocycles. The van der Waals surface area contributed by atoms with Crippen molar-refractivity contribution in [1.82, 2.24) is 4.31 Å². The summed E-state index contributed by atoms with van der Waals surface area (Å²) in [5.41, 5.74) is 6.15. The van der Waals surface area contributed by atoms with Gasteiger partial charge in [-0.1, -0.05) is 0 Å². The molecule has 0 radical (unpaired) electrons. The Hall–Kier alpha value is -1.15. The number of anilines is 1. The highest BCUT2D eigenvalue weighted by molar-refractivity contribution is 7.89. The van der Waals surface area contributed by atoms with Crippen LogP contribution in [-0.4, -0.2) is 46.3 Å². The van der Waals surface area contributed by atoms with E-state index in [0.29, 0.717) is 18.8 Å². The van der Waals surface area contributed by atoms with Crippen LogP contribution in [0.3, 0.4) is 0 Å². The Kier molecular flexibility index (Phi) is 5.21. The Morgan fingerprint density at radius 2 is 1.67 bits per heavy atom. The lowest BCUT2D eigenvalue weighted by molar-refractivity contribution is -0.144. The van der Waals surface area contributed by atoms with E-state index in [-0.39, 0.29) is 17.1 Å². The molecule has 0 unspecified atom stereocenters. The number of piperidine rings is 1. The van der Waals surface area contributed by atoms with Gasteiger partial charge in [-0.25, -0.2) is 8.42 Å². The van der Waals surface area contributed by atoms with E-state index in [0.717, 1.165) is 12.8 Å². The number of nitrogens with zero attached hydrogens (tertiary/aromatic N) is 1. The van der Waals surface area contributed by atoms with Gasteiger partial charge in [0.05, 0.1) is 4.90 Å². The molecule has 1 heterocycles. The Morgan fingerprint density at radius 1 is 1.14 bits per heavy atom. The standard InChI is InChI=1S/C14H22N2O4S/c1-19-14(20-2)11-7-9-16(10-8-11)21(17,18)13-5-3-12(15)4-6-13/h3-6,11,14H,7-10,15H2,1-2H3. The fourth-order valence-corrected chi connectivity index (χ4v) is 4.13. The van der Waals surface area contributed by atoms with Gasteiger partial charge in [0.25, 0.3) is 0 Å². The largest absolute Gasteiger partial charge is 0.399 e. The molecule has 0 spiro atoms. The number of hydrogen-bond donors (Lipinski definition) is 1. The first-order valence-electron chi connectivity index (χ1n) is 6.90. The zero-order valence-electron chi connectivity index (χ0n) is 12.4. The Bertz CT molecular complexity index is 547. The second-order valence-electron chi connectivity index (χ2n) is 5.15. The van der Waals surface area contributed by atoms with Gasteiger partial charge < -0.3 is 15.2 Å². The van der Waals surface area contributed by atoms with Gasteiger partial charge in [0.15, 0.2) is 6.29 Å². The van der Waals surface area contributed by atoms with Crippen LogP contribution in [0.2, 0.25) is 0 Å². The second kappa shape index (κ2) is 6.74. The van der Waals surface area contributed by atoms with Gasteiger partial charge >= 0.3 is 0 Å². The molecule has 0 bridgehead atoms. The van der Waals surface area contributed by atoms with Crippen molar-refractivity contribution in [3.8, 4) is 0 Å². The molecule has 118 valence electrons. The fourth-order valence-electron chi connectivity index (χ4n) is 2.66. The monoisotopic (exact) mass is 314 g/mol. The number of ether oxygens (including phenoxy) is 2. The number of rotatable bonds is 5. The summed E-state index contributed by atoms with van der Waals surface area (Å²) < 4.78 is 37.1. The van der Waals surface area contributed by atoms with Crippen molar-refractivity contribution in [3.05, 3.63) is 24.3 Å². The highest BCUT2D eigenvalue weighted by Gasteiger charge is 2.32. The van der Waals surface area contributed by atoms with E-state index in [1.807, 2.05) is 0 Å². The lowest BCUT2D eigenvalue weighted by Crippen LogP contribution is -2.42. The molecule has 2 rings (SSSR count). The van der Waals surface area contributed by atoms with Crippen molar-refractivity contribution in [1.29, 1.82) is 0 Å². The number of nitrogen functional groups attached to an aromatic ring is 1. The van der Waals surface area contributed by atoms with Crippen LogP contribution in [0.25, 0.3) is 0 Å². The van der Waals surface area contributed by atoms with Crippen LogP contribution in [0.15, 0.2) is 29.2 Å². The molecular formula is C14H22N2O4S. The molecule has 0 atom stereocenters. The van der Waals surface area contributed by atoms with Crippen LogP contribution < -0.4 is 5.73 Å². The van der Waals surface area contributed by atoms with Crippen molar-refractivity contribution in [2.75, 3.05) is 33.0 Å². The first kappa shape index (κ1) is 16.2. The first-order chi connectivity index (χ1) is 9.98. The Labute approximate surface area is 125 Å². The highest BCUT2D eigenvalue weighted by Crippen LogP contribution is 2.27. The van der Waals surface area contributed by atoms with Crippen LogP contribution in [0.4, 0.5) is 5.69 Å². The minimum atomic E-state index is -3.45. The van der Waals surface area contributed by atoms with Crippen LogP contribution in [0.1, 0.15) is 12.8 Å². The van der Waals surface area contributed by atoms with Gasteiger partial charge in [0.1, 0.15) is 0 Å². The minimum absolute atomic E-state index is 0.220. The summed E-state index contributed by atoms with van der Waals surface area (Å²) in [6.07, 6.45) is 1.17. The molecule has 1 saturated heterocycles. The van der Waals surface area contributed by atoms with E-state index >= 15 is 0 Å². The van der Waals surface area contributed by atoms with Crippen LogP contribution in [-0.2, 0) is 19.5 Å². The number of nitrogens with two attached hydrogens (primary N) is 1. The Morgan fingerprint density at radius 3 is 2.14 bits per heavy atom. The van der Waals surface area contributed by atoms with E-state index in [1.54, 1.807) is 38.5 Å². The van der Waals surface area contributed by atoms with Gasteiger partial charge in [-0.2, -0.15) is 4.31 Å². The quantitative estimate of drug-likeness (QED) is 0.654. The lowest BCUT2D eigenvalue weighted by atomic mass is 9.97. The summed E-state index contributed by atoms with van der Waals surface area (Å²) in [5.74, 6) is 0.220. The van der Waals surface area contributed by atoms with Crippen molar-refractivity contribution in [2.45, 2.75) is 24.0 Å². The highest BCUT2D eigenvalue weighted by atomic mass is 32.2. The molecule has 1 aliphatic heterocycles. The third-order valence-electron chi connectivity index (χ3n) is 3.87. The molecule has 0 saturated carbocycles. The molecular weight excluding hydrogens is 292 g/mol. The van der Waals surface area contributed by atoms with Crippen LogP contribution in [0.5, 0.6) is 0 Å². The van der Waals surface area contributed by atoms with Crippen molar-refractivity contribution in [3.63, 3.8) is 0 Å². The lowest BCUT2D eigenvalue weighted by Gasteiger charge is -2.34. The molecule has 6 nitrogen and oxygen atoms in total. The molecule has 21 heavy (non-hydrogen) atoms. The molecule has 1 aromatic rings. The molecule has 1 fully saturated rings. The summed E-state index contributed by atoms with van der Waals surface area (Å²) in [5, 5.41) is 0. The Balaban J connectivity index is 2.06. The van der Waals surface area contributed by atoms with Crippen molar-refractivity contribution < 1.29 is 17.9 Å². The summed E-state index contributed by atoms with van der Waals surface area (Å²) in [6.45, 7) is 0.946. The molecule has 7 heteroatoms. The number of benzene rings is 1. The van der Waals surface area contributed by atoms with Gasteiger partial charge in [0.2, 0.25) is 10.0 Å². The summed E-state index contributed by atoms with van der Waals surface area (Å²) in [4.78, 5) is 0.283. The third-order valence-corrected chi connectivity index (χ3v) is 5.78. The summed E-state index contributed by atoms with van der Waals surface area (Å²) in [7, 11) is -0.240. The predicted octanol–water partition coefficient (Wildman–Crippen LogP) is 1.29. The van der Waals surface area contributed by atoms with Crippen molar-refractivity contribution >= 4 is 15.7 Å². The molecule has 2 N–H and O–H groups in total. The van der Waals surface area contributed by atoms with E-state index in [4.69, 9.17) is 15.2 Å². The predicted molar refractivity (Wildman–Crippen MR) is 80.1 cm³/mol. The van der Waals surface area contributed by atoms with E-state index in [2.05, 4.69) is 0 Å². The van der Waals surface area contributed by atoms with Crippen molar-refractivity contribution in [2.24, 2.45) is 5.92 Å². The summed E-state index contributed by atoms with van der Waals surface area (Å²) in [6, 6.07) is 6.30. The van der Waals surface area contributed by atoms with E-state index in [9.17, 15) is 8.42 Å². The van der Waals surface area contributed by atoms with Crippen LogP contribution in [0, 0.1) is 5.92 Å². The fraction of sp³-hybridized carbons (Fsp3) is 0.571. The average Bonchev–Trinajstić information content (AvgIpc) is 2.49. The SMILES string of the molecule is COC(OC)C1CCN(S(=O)(=O)c2ccc(N)cc2)CC1. The minimum Gasteiger partial charge on any atom is -0.399 e. The number of methoxy groups -OCH3 is 2. The zero-order chi connectivity index (χ0) is 15.5. The maximum atomic E-state index is 12.5. The molecule has 1 aliphatic rings. The summed E-state index contributed by atoms with van der Waals surface area (Å²) >= 11 is 0. The number of hydrogen-bond acceptors (Lipinski definition) is 5. The maximum Gasteiger partial charge on any atom is 0.243 e. The van der Waals surface area contributed by atoms with Gasteiger partial charge in [-0.15, -0.1) is 0 Å². The molecule has 0 amide bonds. The van der Waals surface area contributed by atoms with Gasteiger partial charge in [-0.3, -0.25) is 0 Å². The van der Waals surface area contributed by atoms with E-state index in [1.165, 1.54) is 4.31 Å². The zero-order valence-corrected chi connectivity index (χ0v) is 13.2.